The van der Waals surface area contributed by atoms with E-state index in [1.807, 2.05) is 73.5 Å². The summed E-state index contributed by atoms with van der Waals surface area (Å²) in [4.78, 5) is 28.9. The number of rotatable bonds is 8. The molecule has 3 aromatic carbocycles. The molecule has 1 heterocycles. The topological polar surface area (TPSA) is 58.6 Å². The number of hydrogen-bond acceptors (Lipinski definition) is 5. The molecule has 1 aromatic heterocycles. The lowest BCUT2D eigenvalue weighted by molar-refractivity contribution is 0.0604. The number of nitrogens with one attached hydrogen (secondary N) is 1. The number of thiophene rings is 1. The summed E-state index contributed by atoms with van der Waals surface area (Å²) in [6.07, 6.45) is 3.86. The second-order valence-corrected chi connectivity index (χ2v) is 12.0. The molecular formula is C33H35ClN2O3S. The van der Waals surface area contributed by atoms with Crippen LogP contribution in [0.2, 0.25) is 5.02 Å². The van der Waals surface area contributed by atoms with Crippen LogP contribution in [0.1, 0.15) is 63.8 Å². The Kier molecular flexibility index (Phi) is 8.60. The first-order valence-corrected chi connectivity index (χ1v) is 14.9. The number of methoxy groups -OCH3 is 1. The van der Waals surface area contributed by atoms with Gasteiger partial charge in [0.05, 0.1) is 12.1 Å². The van der Waals surface area contributed by atoms with Crippen LogP contribution in [0.15, 0.2) is 60.7 Å². The minimum absolute atomic E-state index is 0.0278. The van der Waals surface area contributed by atoms with Gasteiger partial charge in [0.15, 0.2) is 5.78 Å². The molecule has 0 bridgehead atoms. The fourth-order valence-corrected chi connectivity index (χ4v) is 7.40. The van der Waals surface area contributed by atoms with Crippen LogP contribution < -0.4 is 10.1 Å². The van der Waals surface area contributed by atoms with Crippen molar-refractivity contribution >= 4 is 44.7 Å². The van der Waals surface area contributed by atoms with Crippen LogP contribution in [-0.2, 0) is 6.54 Å². The highest BCUT2D eigenvalue weighted by atomic mass is 35.5. The van der Waals surface area contributed by atoms with Gasteiger partial charge in [-0.1, -0.05) is 48.0 Å². The normalized spacial score (nSPS) is 17.1. The van der Waals surface area contributed by atoms with Gasteiger partial charge in [-0.15, -0.1) is 11.3 Å². The largest absolute Gasteiger partial charge is 0.496 e. The van der Waals surface area contributed by atoms with E-state index in [1.54, 1.807) is 14.0 Å². The first-order chi connectivity index (χ1) is 19.3. The zero-order valence-electron chi connectivity index (χ0n) is 23.4. The third kappa shape index (κ3) is 5.67. The lowest BCUT2D eigenvalue weighted by Gasteiger charge is -2.37. The fraction of sp³-hybridized carbons (Fsp3) is 0.333. The van der Waals surface area contributed by atoms with Gasteiger partial charge in [-0.2, -0.15) is 0 Å². The minimum atomic E-state index is -0.0375. The molecule has 208 valence electrons. The highest BCUT2D eigenvalue weighted by Crippen LogP contribution is 2.40. The number of aryl methyl sites for hydroxylation is 1. The summed E-state index contributed by atoms with van der Waals surface area (Å²) < 4.78 is 6.79. The molecule has 0 aliphatic heterocycles. The van der Waals surface area contributed by atoms with Crippen LogP contribution >= 0.6 is 22.9 Å². The van der Waals surface area contributed by atoms with Gasteiger partial charge in [-0.3, -0.25) is 9.59 Å². The Morgan fingerprint density at radius 1 is 1.02 bits per heavy atom. The summed E-state index contributed by atoms with van der Waals surface area (Å²) in [5.74, 6) is 0.719. The molecule has 1 amide bonds. The van der Waals surface area contributed by atoms with Crippen molar-refractivity contribution in [2.75, 3.05) is 14.2 Å². The van der Waals surface area contributed by atoms with Crippen LogP contribution in [-0.4, -0.2) is 42.8 Å². The molecule has 0 atom stereocenters. The van der Waals surface area contributed by atoms with E-state index in [0.29, 0.717) is 28.0 Å². The summed E-state index contributed by atoms with van der Waals surface area (Å²) >= 11 is 8.36. The molecule has 4 aromatic rings. The Labute approximate surface area is 245 Å². The summed E-state index contributed by atoms with van der Waals surface area (Å²) in [5, 5.41) is 4.90. The van der Waals surface area contributed by atoms with E-state index in [4.69, 9.17) is 16.3 Å². The second-order valence-electron chi connectivity index (χ2n) is 10.6. The van der Waals surface area contributed by atoms with Gasteiger partial charge in [0.25, 0.3) is 5.91 Å². The molecule has 0 spiro atoms. The van der Waals surface area contributed by atoms with E-state index in [1.165, 1.54) is 11.3 Å². The van der Waals surface area contributed by atoms with E-state index in [9.17, 15) is 9.59 Å². The molecule has 5 nitrogen and oxygen atoms in total. The molecule has 40 heavy (non-hydrogen) atoms. The Bertz CT molecular complexity index is 1550. The van der Waals surface area contributed by atoms with Gasteiger partial charge in [0.1, 0.15) is 10.6 Å². The highest BCUT2D eigenvalue weighted by Gasteiger charge is 2.32. The number of ketones is 1. The van der Waals surface area contributed by atoms with E-state index in [2.05, 4.69) is 11.4 Å². The maximum absolute atomic E-state index is 14.3. The number of hydrogen-bond donors (Lipinski definition) is 1. The molecule has 1 aliphatic rings. The number of fused-ring (bicyclic) bond motifs is 1. The standard InChI is InChI=1S/C33H35ClN2O3S/c1-20-7-5-10-29-30(20)31(34)32(40-29)33(38)36(27-14-12-26(35-3)13-15-27)19-25-18-24(11-16-28(25)39-4)23-9-6-8-22(17-23)21(2)37/h5-11,16-18,26-27,35H,12-15,19H2,1-4H3/t26-,27-. The molecule has 1 saturated carbocycles. The van der Waals surface area contributed by atoms with Crippen molar-refractivity contribution in [3.8, 4) is 16.9 Å². The molecule has 1 fully saturated rings. The molecule has 0 unspecified atom stereocenters. The summed E-state index contributed by atoms with van der Waals surface area (Å²) in [5.41, 5.74) is 4.59. The van der Waals surface area contributed by atoms with Crippen LogP contribution in [0.25, 0.3) is 21.2 Å². The van der Waals surface area contributed by atoms with Gasteiger partial charge < -0.3 is 15.0 Å². The number of Topliss-reactive ketones (excluding diaryl/α,β-unsaturated/α-hetero) is 1. The predicted octanol–water partition coefficient (Wildman–Crippen LogP) is 7.91. The first kappa shape index (κ1) is 28.3. The van der Waals surface area contributed by atoms with Crippen molar-refractivity contribution in [2.45, 2.75) is 58.2 Å². The molecule has 5 rings (SSSR count). The van der Waals surface area contributed by atoms with Crippen molar-refractivity contribution < 1.29 is 14.3 Å². The van der Waals surface area contributed by atoms with Crippen LogP contribution in [0.3, 0.4) is 0 Å². The maximum atomic E-state index is 14.3. The van der Waals surface area contributed by atoms with Crippen LogP contribution in [0, 0.1) is 6.92 Å². The van der Waals surface area contributed by atoms with E-state index in [-0.39, 0.29) is 17.7 Å². The summed E-state index contributed by atoms with van der Waals surface area (Å²) in [7, 11) is 3.66. The summed E-state index contributed by atoms with van der Waals surface area (Å²) in [6, 6.07) is 20.3. The van der Waals surface area contributed by atoms with Gasteiger partial charge in [0.2, 0.25) is 0 Å². The lowest BCUT2D eigenvalue weighted by atomic mass is 9.89. The van der Waals surface area contributed by atoms with Gasteiger partial charge in [0, 0.05) is 39.8 Å². The Morgan fingerprint density at radius 2 is 1.75 bits per heavy atom. The minimum Gasteiger partial charge on any atom is -0.496 e. The van der Waals surface area contributed by atoms with E-state index in [0.717, 1.165) is 63.8 Å². The number of carbonyl (C=O) groups excluding carboxylic acids is 2. The van der Waals surface area contributed by atoms with Crippen LogP contribution in [0.5, 0.6) is 5.75 Å². The molecule has 1 aliphatic carbocycles. The third-order valence-electron chi connectivity index (χ3n) is 8.09. The molecular weight excluding hydrogens is 540 g/mol. The number of nitrogens with zero attached hydrogens (tertiary/aromatic N) is 1. The molecule has 7 heteroatoms. The quantitative estimate of drug-likeness (QED) is 0.217. The monoisotopic (exact) mass is 574 g/mol. The predicted molar refractivity (Wildman–Crippen MR) is 165 cm³/mol. The van der Waals surface area contributed by atoms with Crippen LogP contribution in [0.4, 0.5) is 0 Å². The smallest absolute Gasteiger partial charge is 0.266 e. The first-order valence-electron chi connectivity index (χ1n) is 13.7. The maximum Gasteiger partial charge on any atom is 0.266 e. The van der Waals surface area contributed by atoms with E-state index >= 15 is 0 Å². The third-order valence-corrected chi connectivity index (χ3v) is 9.72. The average molecular weight is 575 g/mol. The Balaban J connectivity index is 1.55. The number of carbonyl (C=O) groups is 2. The number of halogens is 1. The number of ether oxygens (including phenoxy) is 1. The van der Waals surface area contributed by atoms with Gasteiger partial charge in [-0.05, 0) is 87.5 Å². The van der Waals surface area contributed by atoms with Gasteiger partial charge in [-0.25, -0.2) is 0 Å². The molecule has 0 radical (unpaired) electrons. The lowest BCUT2D eigenvalue weighted by Crippen LogP contribution is -2.44. The van der Waals surface area contributed by atoms with Gasteiger partial charge >= 0.3 is 0 Å². The van der Waals surface area contributed by atoms with Crippen molar-refractivity contribution in [1.82, 2.24) is 10.2 Å². The Hall–Kier alpha value is -3.19. The Morgan fingerprint density at radius 3 is 2.42 bits per heavy atom. The SMILES string of the molecule is CN[C@H]1CC[C@H](N(Cc2cc(-c3cccc(C(C)=O)c3)ccc2OC)C(=O)c2sc3cccc(C)c3c2Cl)CC1. The zero-order chi connectivity index (χ0) is 28.4. The van der Waals surface area contributed by atoms with E-state index < -0.39 is 0 Å². The number of amides is 1. The van der Waals surface area contributed by atoms with Crippen molar-refractivity contribution in [1.29, 1.82) is 0 Å². The summed E-state index contributed by atoms with van der Waals surface area (Å²) in [6.45, 7) is 4.01. The average Bonchev–Trinajstić information content (AvgIpc) is 3.32. The zero-order valence-corrected chi connectivity index (χ0v) is 25.0. The number of benzene rings is 3. The molecule has 0 saturated heterocycles. The van der Waals surface area contributed by atoms with Crippen molar-refractivity contribution in [3.63, 3.8) is 0 Å². The fourth-order valence-electron chi connectivity index (χ4n) is 5.77. The van der Waals surface area contributed by atoms with Crippen molar-refractivity contribution in [3.05, 3.63) is 87.3 Å². The molecule has 1 N–H and O–H groups in total. The second kappa shape index (κ2) is 12.1. The van der Waals surface area contributed by atoms with Crippen molar-refractivity contribution in [2.24, 2.45) is 0 Å². The highest BCUT2D eigenvalue weighted by molar-refractivity contribution is 7.21.